The van der Waals surface area contributed by atoms with E-state index in [2.05, 4.69) is 20.8 Å². The number of carbonyl (C=O) groups excluding carboxylic acids is 2. The minimum atomic E-state index is -0.909. The number of H-pyrrole nitrogens is 1. The molecule has 8 heteroatoms. The number of benzene rings is 1. The number of aromatic nitrogens is 2. The number of hydrogen-bond acceptors (Lipinski definition) is 3. The van der Waals surface area contributed by atoms with Gasteiger partial charge in [-0.1, -0.05) is 0 Å². The zero-order valence-corrected chi connectivity index (χ0v) is 14.6. The molecule has 0 saturated heterocycles. The van der Waals surface area contributed by atoms with Gasteiger partial charge in [-0.2, -0.15) is 5.10 Å². The third kappa shape index (κ3) is 5.94. The minimum Gasteiger partial charge on any atom is -0.356 e. The molecule has 2 aromatic rings. The van der Waals surface area contributed by atoms with Gasteiger partial charge in [-0.3, -0.25) is 14.7 Å². The molecule has 140 valence electrons. The van der Waals surface area contributed by atoms with E-state index < -0.39 is 17.5 Å². The predicted molar refractivity (Wildman–Crippen MR) is 92.6 cm³/mol. The SMILES string of the molecule is Cc1[nH]ncc1CCCNC(=O)CCCNC(=O)c1ccc(F)cc1F. The fraction of sp³-hybridized carbons (Fsp3) is 0.389. The first-order valence-corrected chi connectivity index (χ1v) is 8.46. The first kappa shape index (κ1) is 19.6. The lowest BCUT2D eigenvalue weighted by Gasteiger charge is -2.07. The molecule has 0 aliphatic heterocycles. The molecule has 0 atom stereocenters. The minimum absolute atomic E-state index is 0.101. The Morgan fingerprint density at radius 1 is 1.15 bits per heavy atom. The lowest BCUT2D eigenvalue weighted by atomic mass is 10.1. The number of rotatable bonds is 9. The first-order chi connectivity index (χ1) is 12.5. The van der Waals surface area contributed by atoms with Gasteiger partial charge < -0.3 is 10.6 Å². The molecular weight excluding hydrogens is 342 g/mol. The van der Waals surface area contributed by atoms with Crippen molar-refractivity contribution in [3.8, 4) is 0 Å². The summed E-state index contributed by atoms with van der Waals surface area (Å²) in [7, 11) is 0. The number of aryl methyl sites for hydroxylation is 2. The molecule has 1 heterocycles. The van der Waals surface area contributed by atoms with Crippen molar-refractivity contribution in [2.24, 2.45) is 0 Å². The van der Waals surface area contributed by atoms with E-state index in [4.69, 9.17) is 0 Å². The Hall–Kier alpha value is -2.77. The predicted octanol–water partition coefficient (Wildman–Crippen LogP) is 2.26. The van der Waals surface area contributed by atoms with E-state index in [1.54, 1.807) is 6.20 Å². The lowest BCUT2D eigenvalue weighted by molar-refractivity contribution is -0.121. The molecule has 3 N–H and O–H groups in total. The number of amides is 2. The van der Waals surface area contributed by atoms with Gasteiger partial charge in [-0.15, -0.1) is 0 Å². The van der Waals surface area contributed by atoms with E-state index in [0.29, 0.717) is 19.0 Å². The largest absolute Gasteiger partial charge is 0.356 e. The molecule has 1 aromatic carbocycles. The molecule has 0 unspecified atom stereocenters. The zero-order chi connectivity index (χ0) is 18.9. The summed E-state index contributed by atoms with van der Waals surface area (Å²) in [5, 5.41) is 12.1. The van der Waals surface area contributed by atoms with Gasteiger partial charge in [0.25, 0.3) is 5.91 Å². The van der Waals surface area contributed by atoms with Crippen LogP contribution in [-0.4, -0.2) is 35.1 Å². The van der Waals surface area contributed by atoms with E-state index in [1.807, 2.05) is 6.92 Å². The summed E-state index contributed by atoms with van der Waals surface area (Å²) in [4.78, 5) is 23.5. The number of nitrogens with one attached hydrogen (secondary N) is 3. The molecule has 6 nitrogen and oxygen atoms in total. The van der Waals surface area contributed by atoms with Crippen molar-refractivity contribution < 1.29 is 18.4 Å². The second-order valence-electron chi connectivity index (χ2n) is 5.96. The number of carbonyl (C=O) groups is 2. The summed E-state index contributed by atoms with van der Waals surface area (Å²) in [6, 6.07) is 2.78. The highest BCUT2D eigenvalue weighted by Gasteiger charge is 2.12. The molecule has 0 saturated carbocycles. The van der Waals surface area contributed by atoms with Gasteiger partial charge in [0, 0.05) is 31.3 Å². The van der Waals surface area contributed by atoms with Crippen molar-refractivity contribution >= 4 is 11.8 Å². The molecule has 26 heavy (non-hydrogen) atoms. The fourth-order valence-electron chi connectivity index (χ4n) is 2.44. The Labute approximate surface area is 150 Å². The normalized spacial score (nSPS) is 10.6. The summed E-state index contributed by atoms with van der Waals surface area (Å²) in [5.74, 6) is -2.37. The van der Waals surface area contributed by atoms with Crippen molar-refractivity contribution in [1.29, 1.82) is 0 Å². The second-order valence-corrected chi connectivity index (χ2v) is 5.96. The van der Waals surface area contributed by atoms with E-state index >= 15 is 0 Å². The quantitative estimate of drug-likeness (QED) is 0.597. The highest BCUT2D eigenvalue weighted by atomic mass is 19.1. The Morgan fingerprint density at radius 2 is 1.92 bits per heavy atom. The van der Waals surface area contributed by atoms with Gasteiger partial charge in [0.1, 0.15) is 11.6 Å². The summed E-state index contributed by atoms with van der Waals surface area (Å²) in [5.41, 5.74) is 1.95. The molecule has 1 aromatic heterocycles. The van der Waals surface area contributed by atoms with E-state index in [9.17, 15) is 18.4 Å². The van der Waals surface area contributed by atoms with Crippen molar-refractivity contribution in [2.45, 2.75) is 32.6 Å². The first-order valence-electron chi connectivity index (χ1n) is 8.46. The standard InChI is InChI=1S/C18H22F2N4O2/c1-12-13(11-23-24-12)4-2-8-21-17(25)5-3-9-22-18(26)15-7-6-14(19)10-16(15)20/h6-7,10-11H,2-5,8-9H2,1H3,(H,21,25)(H,22,26)(H,23,24). The molecule has 0 bridgehead atoms. The number of aromatic amines is 1. The van der Waals surface area contributed by atoms with Crippen LogP contribution < -0.4 is 10.6 Å². The van der Waals surface area contributed by atoms with Crippen molar-refractivity contribution in [2.75, 3.05) is 13.1 Å². The van der Waals surface area contributed by atoms with Crippen LogP contribution in [0.3, 0.4) is 0 Å². The Balaban J connectivity index is 1.58. The monoisotopic (exact) mass is 364 g/mol. The number of nitrogens with zero attached hydrogens (tertiary/aromatic N) is 1. The summed E-state index contributed by atoms with van der Waals surface area (Å²) < 4.78 is 26.3. The Morgan fingerprint density at radius 3 is 2.62 bits per heavy atom. The fourth-order valence-corrected chi connectivity index (χ4v) is 2.44. The van der Waals surface area contributed by atoms with Crippen LogP contribution >= 0.6 is 0 Å². The molecule has 0 radical (unpaired) electrons. The van der Waals surface area contributed by atoms with Crippen molar-refractivity contribution in [1.82, 2.24) is 20.8 Å². The molecule has 2 rings (SSSR count). The number of halogens is 2. The maximum Gasteiger partial charge on any atom is 0.254 e. The molecule has 0 aliphatic carbocycles. The van der Waals surface area contributed by atoms with Crippen LogP contribution in [0.5, 0.6) is 0 Å². The Kier molecular flexibility index (Phi) is 7.25. The average molecular weight is 364 g/mol. The van der Waals surface area contributed by atoms with Crippen LogP contribution in [0.1, 0.15) is 40.9 Å². The van der Waals surface area contributed by atoms with Crippen molar-refractivity contribution in [3.05, 3.63) is 52.9 Å². The van der Waals surface area contributed by atoms with Crippen LogP contribution in [0.4, 0.5) is 8.78 Å². The molecule has 0 aliphatic rings. The molecule has 0 spiro atoms. The van der Waals surface area contributed by atoms with Crippen LogP contribution in [0.25, 0.3) is 0 Å². The lowest BCUT2D eigenvalue weighted by Crippen LogP contribution is -2.28. The molecular formula is C18H22F2N4O2. The summed E-state index contributed by atoms with van der Waals surface area (Å²) in [6.07, 6.45) is 4.12. The van der Waals surface area contributed by atoms with Gasteiger partial charge in [-0.05, 0) is 43.9 Å². The van der Waals surface area contributed by atoms with Gasteiger partial charge in [0.2, 0.25) is 5.91 Å². The van der Waals surface area contributed by atoms with Crippen LogP contribution in [0.15, 0.2) is 24.4 Å². The van der Waals surface area contributed by atoms with Crippen LogP contribution in [0, 0.1) is 18.6 Å². The van der Waals surface area contributed by atoms with E-state index in [0.717, 1.165) is 36.2 Å². The topological polar surface area (TPSA) is 86.9 Å². The van der Waals surface area contributed by atoms with Gasteiger partial charge in [0.05, 0.1) is 11.8 Å². The zero-order valence-electron chi connectivity index (χ0n) is 14.6. The Bertz CT molecular complexity index is 761. The smallest absolute Gasteiger partial charge is 0.254 e. The summed E-state index contributed by atoms with van der Waals surface area (Å²) in [6.45, 7) is 2.75. The maximum atomic E-state index is 13.5. The van der Waals surface area contributed by atoms with Gasteiger partial charge in [0.15, 0.2) is 0 Å². The van der Waals surface area contributed by atoms with Gasteiger partial charge >= 0.3 is 0 Å². The molecule has 2 amide bonds. The number of hydrogen-bond donors (Lipinski definition) is 3. The third-order valence-electron chi connectivity index (χ3n) is 3.92. The highest BCUT2D eigenvalue weighted by Crippen LogP contribution is 2.09. The van der Waals surface area contributed by atoms with Crippen molar-refractivity contribution in [3.63, 3.8) is 0 Å². The van der Waals surface area contributed by atoms with E-state index in [1.165, 1.54) is 0 Å². The highest BCUT2D eigenvalue weighted by molar-refractivity contribution is 5.94. The average Bonchev–Trinajstić information content (AvgIpc) is 3.00. The third-order valence-corrected chi connectivity index (χ3v) is 3.92. The van der Waals surface area contributed by atoms with Crippen LogP contribution in [-0.2, 0) is 11.2 Å². The van der Waals surface area contributed by atoms with Gasteiger partial charge in [-0.25, -0.2) is 8.78 Å². The maximum absolute atomic E-state index is 13.5. The van der Waals surface area contributed by atoms with E-state index in [-0.39, 0.29) is 24.4 Å². The second kappa shape index (κ2) is 9.65. The van der Waals surface area contributed by atoms with Crippen LogP contribution in [0.2, 0.25) is 0 Å². The molecule has 0 fully saturated rings. The summed E-state index contributed by atoms with van der Waals surface area (Å²) >= 11 is 0.